The van der Waals surface area contributed by atoms with E-state index in [4.69, 9.17) is 14.2 Å². The maximum absolute atomic E-state index is 12.9. The lowest BCUT2D eigenvalue weighted by Gasteiger charge is -2.09. The maximum atomic E-state index is 12.9. The zero-order chi connectivity index (χ0) is 21.1. The summed E-state index contributed by atoms with van der Waals surface area (Å²) in [5, 5.41) is 4.40. The fraction of sp³-hybridized carbons (Fsp3) is 0.227. The van der Waals surface area contributed by atoms with E-state index in [-0.39, 0.29) is 5.56 Å². The first-order valence-electron chi connectivity index (χ1n) is 9.50. The summed E-state index contributed by atoms with van der Waals surface area (Å²) in [5.74, 6) is 2.48. The van der Waals surface area contributed by atoms with Crippen LogP contribution >= 0.6 is 11.3 Å². The highest BCUT2D eigenvalue weighted by Crippen LogP contribution is 2.31. The van der Waals surface area contributed by atoms with Gasteiger partial charge in [-0.3, -0.25) is 4.79 Å². The van der Waals surface area contributed by atoms with Gasteiger partial charge in [-0.15, -0.1) is 5.10 Å². The van der Waals surface area contributed by atoms with E-state index in [9.17, 15) is 4.79 Å². The Morgan fingerprint density at radius 2 is 1.90 bits per heavy atom. The maximum Gasteiger partial charge on any atom is 0.291 e. The molecule has 0 amide bonds. The summed E-state index contributed by atoms with van der Waals surface area (Å²) < 4.78 is 18.2. The van der Waals surface area contributed by atoms with Crippen molar-refractivity contribution in [1.29, 1.82) is 0 Å². The summed E-state index contributed by atoms with van der Waals surface area (Å²) >= 11 is 1.28. The summed E-state index contributed by atoms with van der Waals surface area (Å²) in [6.45, 7) is 2.74. The molecule has 154 valence electrons. The number of ether oxygens (including phenoxy) is 3. The molecule has 0 unspecified atom stereocenters. The number of para-hydroxylation sites is 1. The van der Waals surface area contributed by atoms with Gasteiger partial charge in [-0.1, -0.05) is 30.4 Å². The fourth-order valence-corrected chi connectivity index (χ4v) is 3.94. The quantitative estimate of drug-likeness (QED) is 0.455. The molecule has 0 atom stereocenters. The molecule has 0 saturated carbocycles. The molecule has 0 bridgehead atoms. The lowest BCUT2D eigenvalue weighted by molar-refractivity contribution is 0.317. The molecule has 2 aromatic heterocycles. The Morgan fingerprint density at radius 1 is 1.10 bits per heavy atom. The van der Waals surface area contributed by atoms with Crippen LogP contribution in [0.4, 0.5) is 0 Å². The number of hydrogen-bond acceptors (Lipinski definition) is 7. The zero-order valence-corrected chi connectivity index (χ0v) is 17.7. The van der Waals surface area contributed by atoms with E-state index in [1.165, 1.54) is 15.9 Å². The third kappa shape index (κ3) is 3.73. The van der Waals surface area contributed by atoms with Gasteiger partial charge in [-0.25, -0.2) is 0 Å². The lowest BCUT2D eigenvalue weighted by atomic mass is 10.2. The summed E-state index contributed by atoms with van der Waals surface area (Å²) in [5.41, 5.74) is 1.36. The second-order valence-corrected chi connectivity index (χ2v) is 7.51. The number of hydrogen-bond donors (Lipinski definition) is 0. The molecule has 7 nitrogen and oxygen atoms in total. The van der Waals surface area contributed by atoms with Crippen LogP contribution in [0.2, 0.25) is 0 Å². The van der Waals surface area contributed by atoms with Gasteiger partial charge in [0, 0.05) is 11.1 Å². The molecule has 0 radical (unpaired) electrons. The molecule has 30 heavy (non-hydrogen) atoms. The van der Waals surface area contributed by atoms with Crippen LogP contribution in [0, 0.1) is 0 Å². The molecule has 0 fully saturated rings. The van der Waals surface area contributed by atoms with Crippen LogP contribution in [-0.4, -0.2) is 35.4 Å². The van der Waals surface area contributed by atoms with Crippen LogP contribution in [-0.2, 0) is 0 Å². The van der Waals surface area contributed by atoms with Crippen LogP contribution in [0.15, 0.2) is 47.3 Å². The number of aromatic nitrogens is 3. The van der Waals surface area contributed by atoms with Gasteiger partial charge in [0.25, 0.3) is 5.56 Å². The summed E-state index contributed by atoms with van der Waals surface area (Å²) in [6, 6.07) is 13.1. The predicted molar refractivity (Wildman–Crippen MR) is 117 cm³/mol. The number of rotatable bonds is 7. The second-order valence-electron chi connectivity index (χ2n) is 6.50. The molecule has 2 aromatic carbocycles. The standard InChI is InChI=1S/C22H21N3O4S/c1-4-12-29-16-10-8-14(9-11-16)20-23-22-25(24-20)21(26)18(30-22)13-15-6-5-7-17(27-2)19(15)28-3/h5-11,13H,4,12H2,1-3H3/b18-13-. The average Bonchev–Trinajstić information content (AvgIpc) is 3.32. The minimum atomic E-state index is -0.221. The van der Waals surface area contributed by atoms with Crippen LogP contribution in [0.1, 0.15) is 18.9 Å². The zero-order valence-electron chi connectivity index (χ0n) is 16.9. The van der Waals surface area contributed by atoms with Gasteiger partial charge in [0.15, 0.2) is 17.3 Å². The van der Waals surface area contributed by atoms with Crippen molar-refractivity contribution < 1.29 is 14.2 Å². The van der Waals surface area contributed by atoms with Gasteiger partial charge in [-0.05, 0) is 42.8 Å². The van der Waals surface area contributed by atoms with Crippen molar-refractivity contribution in [3.63, 3.8) is 0 Å². The van der Waals surface area contributed by atoms with E-state index in [1.54, 1.807) is 20.3 Å². The second kappa shape index (κ2) is 8.54. The van der Waals surface area contributed by atoms with Crippen molar-refractivity contribution in [1.82, 2.24) is 14.6 Å². The smallest absolute Gasteiger partial charge is 0.291 e. The number of nitrogens with zero attached hydrogens (tertiary/aromatic N) is 3. The molecular formula is C22H21N3O4S. The summed E-state index contributed by atoms with van der Waals surface area (Å²) in [7, 11) is 3.15. The van der Waals surface area contributed by atoms with Gasteiger partial charge in [0.1, 0.15) is 5.75 Å². The van der Waals surface area contributed by atoms with E-state index in [2.05, 4.69) is 17.0 Å². The first-order chi connectivity index (χ1) is 14.6. The Labute approximate surface area is 177 Å². The number of fused-ring (bicyclic) bond motifs is 1. The largest absolute Gasteiger partial charge is 0.494 e. The van der Waals surface area contributed by atoms with Crippen LogP contribution in [0.3, 0.4) is 0 Å². The van der Waals surface area contributed by atoms with Gasteiger partial charge in [-0.2, -0.15) is 9.50 Å². The Balaban J connectivity index is 1.70. The Kier molecular flexibility index (Phi) is 5.67. The van der Waals surface area contributed by atoms with E-state index >= 15 is 0 Å². The van der Waals surface area contributed by atoms with E-state index < -0.39 is 0 Å². The fourth-order valence-electron chi connectivity index (χ4n) is 3.04. The van der Waals surface area contributed by atoms with Crippen molar-refractivity contribution >= 4 is 22.4 Å². The van der Waals surface area contributed by atoms with Gasteiger partial charge in [0.2, 0.25) is 4.96 Å². The monoisotopic (exact) mass is 423 g/mol. The van der Waals surface area contributed by atoms with Crippen molar-refractivity contribution in [2.45, 2.75) is 13.3 Å². The number of methoxy groups -OCH3 is 2. The van der Waals surface area contributed by atoms with Gasteiger partial charge >= 0.3 is 0 Å². The first kappa shape index (κ1) is 19.9. The molecule has 0 spiro atoms. The van der Waals surface area contributed by atoms with Crippen LogP contribution < -0.4 is 24.3 Å². The third-order valence-corrected chi connectivity index (χ3v) is 5.45. The molecule has 8 heteroatoms. The van der Waals surface area contributed by atoms with Crippen molar-refractivity contribution in [2.24, 2.45) is 0 Å². The Hall–Kier alpha value is -3.39. The van der Waals surface area contributed by atoms with Gasteiger partial charge in [0.05, 0.1) is 25.4 Å². The van der Waals surface area contributed by atoms with E-state index in [1.807, 2.05) is 42.5 Å². The predicted octanol–water partition coefficient (Wildman–Crippen LogP) is 3.17. The minimum absolute atomic E-state index is 0.221. The van der Waals surface area contributed by atoms with Gasteiger partial charge < -0.3 is 14.2 Å². The number of thiazole rings is 1. The lowest BCUT2D eigenvalue weighted by Crippen LogP contribution is -2.23. The van der Waals surface area contributed by atoms with Crippen molar-refractivity contribution in [2.75, 3.05) is 20.8 Å². The van der Waals surface area contributed by atoms with Crippen molar-refractivity contribution in [3.8, 4) is 28.6 Å². The third-order valence-electron chi connectivity index (χ3n) is 4.49. The molecule has 4 aromatic rings. The normalized spacial score (nSPS) is 11.8. The molecule has 0 aliphatic rings. The SMILES string of the molecule is CCCOc1ccc(-c2nc3s/c(=C\c4cccc(OC)c4OC)c(=O)n3n2)cc1. The topological polar surface area (TPSA) is 75.0 Å². The average molecular weight is 423 g/mol. The molecule has 2 heterocycles. The van der Waals surface area contributed by atoms with Crippen molar-refractivity contribution in [3.05, 3.63) is 62.9 Å². The highest BCUT2D eigenvalue weighted by molar-refractivity contribution is 7.15. The minimum Gasteiger partial charge on any atom is -0.494 e. The van der Waals surface area contributed by atoms with Crippen LogP contribution in [0.25, 0.3) is 22.4 Å². The van der Waals surface area contributed by atoms with E-state index in [0.29, 0.717) is 33.4 Å². The molecule has 0 aliphatic heterocycles. The molecule has 0 N–H and O–H groups in total. The first-order valence-corrected chi connectivity index (χ1v) is 10.3. The molecular weight excluding hydrogens is 402 g/mol. The Morgan fingerprint density at radius 3 is 2.57 bits per heavy atom. The molecule has 0 aliphatic carbocycles. The van der Waals surface area contributed by atoms with Crippen LogP contribution in [0.5, 0.6) is 17.2 Å². The molecule has 4 rings (SSSR count). The summed E-state index contributed by atoms with van der Waals surface area (Å²) in [6.07, 6.45) is 2.72. The van der Waals surface area contributed by atoms with E-state index in [0.717, 1.165) is 23.3 Å². The Bertz CT molecular complexity index is 1280. The summed E-state index contributed by atoms with van der Waals surface area (Å²) in [4.78, 5) is 17.9. The highest BCUT2D eigenvalue weighted by Gasteiger charge is 2.13. The highest BCUT2D eigenvalue weighted by atomic mass is 32.1. The molecule has 0 saturated heterocycles. The number of benzene rings is 2.